The van der Waals surface area contributed by atoms with Crippen molar-refractivity contribution >= 4 is 29.1 Å². The Morgan fingerprint density at radius 2 is 2.12 bits per heavy atom. The minimum absolute atomic E-state index is 0.255. The molecule has 1 amide bonds. The van der Waals surface area contributed by atoms with Crippen molar-refractivity contribution in [2.24, 2.45) is 0 Å². The second-order valence-electron chi connectivity index (χ2n) is 5.25. The first kappa shape index (κ1) is 14.8. The van der Waals surface area contributed by atoms with Crippen LogP contribution in [0.2, 0.25) is 0 Å². The van der Waals surface area contributed by atoms with Crippen LogP contribution in [0.15, 0.2) is 59.8 Å². The summed E-state index contributed by atoms with van der Waals surface area (Å²) in [5.74, 6) is -0.108. The Kier molecular flexibility index (Phi) is 3.55. The van der Waals surface area contributed by atoms with Crippen molar-refractivity contribution < 1.29 is 14.1 Å². The van der Waals surface area contributed by atoms with Crippen LogP contribution in [0, 0.1) is 0 Å². The predicted molar refractivity (Wildman–Crippen MR) is 88.7 cm³/mol. The number of anilines is 1. The number of rotatable bonds is 4. The zero-order chi connectivity index (χ0) is 17.2. The van der Waals surface area contributed by atoms with Crippen LogP contribution in [0.5, 0.6) is 0 Å². The van der Waals surface area contributed by atoms with Gasteiger partial charge in [0.15, 0.2) is 6.29 Å². The molecule has 1 N–H and O–H groups in total. The predicted octanol–water partition coefficient (Wildman–Crippen LogP) is 2.47. The molecule has 122 valence electrons. The number of hydrogen-bond acceptors (Lipinski definition) is 6. The highest BCUT2D eigenvalue weighted by molar-refractivity contribution is 6.03. The first-order chi connectivity index (χ1) is 12.2. The van der Waals surface area contributed by atoms with E-state index in [4.69, 9.17) is 4.52 Å². The molecule has 0 aromatic carbocycles. The first-order valence-electron chi connectivity index (χ1n) is 7.34. The Labute approximate surface area is 141 Å². The number of nitrogens with zero attached hydrogens (tertiary/aromatic N) is 4. The van der Waals surface area contributed by atoms with E-state index in [9.17, 15) is 9.59 Å². The lowest BCUT2D eigenvalue weighted by Gasteiger charge is -2.07. The van der Waals surface area contributed by atoms with Gasteiger partial charge in [0.1, 0.15) is 5.65 Å². The smallest absolute Gasteiger partial charge is 0.259 e. The van der Waals surface area contributed by atoms with E-state index in [1.807, 2.05) is 6.07 Å². The van der Waals surface area contributed by atoms with E-state index >= 15 is 0 Å². The summed E-state index contributed by atoms with van der Waals surface area (Å²) in [7, 11) is 0. The van der Waals surface area contributed by atoms with Gasteiger partial charge in [-0.1, -0.05) is 5.16 Å². The number of hydrogen-bond donors (Lipinski definition) is 1. The van der Waals surface area contributed by atoms with Crippen LogP contribution >= 0.6 is 0 Å². The lowest BCUT2D eigenvalue weighted by Crippen LogP contribution is -2.12. The molecule has 0 atom stereocenters. The molecule has 0 aliphatic carbocycles. The van der Waals surface area contributed by atoms with Gasteiger partial charge in [-0.15, -0.1) is 0 Å². The molecule has 0 aliphatic rings. The lowest BCUT2D eigenvalue weighted by molar-refractivity contribution is 0.102. The highest BCUT2D eigenvalue weighted by atomic mass is 16.5. The summed E-state index contributed by atoms with van der Waals surface area (Å²) in [6.45, 7) is 0. The number of nitrogens with one attached hydrogen (secondary N) is 1. The molecule has 4 heterocycles. The standard InChI is InChI=1S/C17H11N5O3/c23-10-11-5-12-2-4-22(16(12)19-7-11)14-6-13(8-18-9-14)17(24)21-15-1-3-20-25-15/h1-10H,(H,21,24). The number of pyridine rings is 2. The number of aldehydes is 1. The Morgan fingerprint density at radius 3 is 2.92 bits per heavy atom. The minimum atomic E-state index is -0.362. The molecule has 0 radical (unpaired) electrons. The van der Waals surface area contributed by atoms with Crippen molar-refractivity contribution in [1.29, 1.82) is 0 Å². The second-order valence-corrected chi connectivity index (χ2v) is 5.25. The van der Waals surface area contributed by atoms with E-state index in [1.54, 1.807) is 35.2 Å². The number of amides is 1. The summed E-state index contributed by atoms with van der Waals surface area (Å²) < 4.78 is 6.66. The quantitative estimate of drug-likeness (QED) is 0.576. The highest BCUT2D eigenvalue weighted by Crippen LogP contribution is 2.20. The van der Waals surface area contributed by atoms with Gasteiger partial charge in [-0.05, 0) is 18.2 Å². The van der Waals surface area contributed by atoms with E-state index in [0.717, 1.165) is 11.7 Å². The SMILES string of the molecule is O=Cc1cnc2c(ccn2-c2cncc(C(=O)Nc3ccno3)c2)c1. The molecule has 0 aliphatic heterocycles. The Hall–Kier alpha value is -3.81. The zero-order valence-corrected chi connectivity index (χ0v) is 12.8. The number of aromatic nitrogens is 4. The van der Waals surface area contributed by atoms with Crippen LogP contribution in [0.1, 0.15) is 20.7 Å². The van der Waals surface area contributed by atoms with E-state index in [1.165, 1.54) is 18.6 Å². The summed E-state index contributed by atoms with van der Waals surface area (Å²) in [5, 5.41) is 6.94. The molecule has 0 fully saturated rings. The number of carbonyl (C=O) groups excluding carboxylic acids is 2. The van der Waals surface area contributed by atoms with E-state index in [0.29, 0.717) is 22.5 Å². The van der Waals surface area contributed by atoms with Gasteiger partial charge in [-0.2, -0.15) is 0 Å². The van der Waals surface area contributed by atoms with Gasteiger partial charge in [0.25, 0.3) is 5.91 Å². The van der Waals surface area contributed by atoms with Crippen molar-refractivity contribution in [3.63, 3.8) is 0 Å². The van der Waals surface area contributed by atoms with Crippen molar-refractivity contribution in [2.45, 2.75) is 0 Å². The van der Waals surface area contributed by atoms with Crippen LogP contribution in [-0.2, 0) is 0 Å². The summed E-state index contributed by atoms with van der Waals surface area (Å²) >= 11 is 0. The summed E-state index contributed by atoms with van der Waals surface area (Å²) in [6.07, 6.45) is 8.58. The summed E-state index contributed by atoms with van der Waals surface area (Å²) in [6, 6.07) is 6.83. The zero-order valence-electron chi connectivity index (χ0n) is 12.8. The lowest BCUT2D eigenvalue weighted by atomic mass is 10.2. The molecule has 0 unspecified atom stereocenters. The molecule has 25 heavy (non-hydrogen) atoms. The van der Waals surface area contributed by atoms with E-state index < -0.39 is 0 Å². The van der Waals surface area contributed by atoms with Crippen molar-refractivity contribution in [3.8, 4) is 5.69 Å². The molecular weight excluding hydrogens is 322 g/mol. The van der Waals surface area contributed by atoms with Gasteiger partial charge in [-0.25, -0.2) is 4.98 Å². The Balaban J connectivity index is 1.69. The average molecular weight is 333 g/mol. The fourth-order valence-corrected chi connectivity index (χ4v) is 2.46. The first-order valence-corrected chi connectivity index (χ1v) is 7.34. The molecule has 4 aromatic heterocycles. The van der Waals surface area contributed by atoms with Crippen LogP contribution in [0.4, 0.5) is 5.88 Å². The molecule has 0 spiro atoms. The number of fused-ring (bicyclic) bond motifs is 1. The van der Waals surface area contributed by atoms with Crippen LogP contribution < -0.4 is 5.32 Å². The van der Waals surface area contributed by atoms with Gasteiger partial charge in [-0.3, -0.25) is 24.5 Å². The molecule has 4 aromatic rings. The topological polar surface area (TPSA) is 103 Å². The van der Waals surface area contributed by atoms with Gasteiger partial charge < -0.3 is 4.52 Å². The molecule has 8 heteroatoms. The molecule has 4 rings (SSSR count). The summed E-state index contributed by atoms with van der Waals surface area (Å²) in [5.41, 5.74) is 2.20. The monoisotopic (exact) mass is 333 g/mol. The van der Waals surface area contributed by atoms with Crippen LogP contribution in [-0.4, -0.2) is 31.9 Å². The normalized spacial score (nSPS) is 10.7. The fourth-order valence-electron chi connectivity index (χ4n) is 2.46. The van der Waals surface area contributed by atoms with Crippen molar-refractivity contribution in [1.82, 2.24) is 19.7 Å². The maximum Gasteiger partial charge on any atom is 0.259 e. The van der Waals surface area contributed by atoms with Crippen LogP contribution in [0.3, 0.4) is 0 Å². The number of carbonyl (C=O) groups is 2. The molecule has 0 saturated carbocycles. The third-order valence-electron chi connectivity index (χ3n) is 3.62. The molecule has 0 saturated heterocycles. The third kappa shape index (κ3) is 2.76. The molecular formula is C17H11N5O3. The maximum absolute atomic E-state index is 12.3. The van der Waals surface area contributed by atoms with E-state index in [2.05, 4.69) is 20.4 Å². The Morgan fingerprint density at radius 1 is 1.20 bits per heavy atom. The highest BCUT2D eigenvalue weighted by Gasteiger charge is 2.12. The van der Waals surface area contributed by atoms with Crippen LogP contribution in [0.25, 0.3) is 16.7 Å². The van der Waals surface area contributed by atoms with E-state index in [-0.39, 0.29) is 11.8 Å². The maximum atomic E-state index is 12.3. The van der Waals surface area contributed by atoms with Gasteiger partial charge >= 0.3 is 0 Å². The van der Waals surface area contributed by atoms with Crippen molar-refractivity contribution in [3.05, 3.63) is 66.4 Å². The summed E-state index contributed by atoms with van der Waals surface area (Å²) in [4.78, 5) is 31.6. The average Bonchev–Trinajstić information content (AvgIpc) is 3.30. The largest absolute Gasteiger partial charge is 0.338 e. The minimum Gasteiger partial charge on any atom is -0.338 e. The van der Waals surface area contributed by atoms with Gasteiger partial charge in [0, 0.05) is 35.6 Å². The van der Waals surface area contributed by atoms with Gasteiger partial charge in [0.2, 0.25) is 5.88 Å². The third-order valence-corrected chi connectivity index (χ3v) is 3.62. The molecule has 0 bridgehead atoms. The second kappa shape index (κ2) is 6.00. The Bertz CT molecular complexity index is 1070. The fraction of sp³-hybridized carbons (Fsp3) is 0. The van der Waals surface area contributed by atoms with Gasteiger partial charge in [0.05, 0.1) is 23.6 Å². The van der Waals surface area contributed by atoms with Crippen molar-refractivity contribution in [2.75, 3.05) is 5.32 Å². The molecule has 8 nitrogen and oxygen atoms in total.